The molecule has 0 radical (unpaired) electrons. The zero-order chi connectivity index (χ0) is 19.2. The van der Waals surface area contributed by atoms with Gasteiger partial charge in [-0.25, -0.2) is 0 Å². The number of hydrogen-bond donors (Lipinski definition) is 1. The van der Waals surface area contributed by atoms with E-state index in [1.165, 1.54) is 5.56 Å². The summed E-state index contributed by atoms with van der Waals surface area (Å²) in [7, 11) is 1.61. The maximum absolute atomic E-state index is 12.8. The van der Waals surface area contributed by atoms with Crippen LogP contribution in [0.5, 0.6) is 5.75 Å². The SMILES string of the molecule is COc1ccc(-c2onc(C)c2C(=O)N[C@@H](C)CCc2ccccc2)cc1. The van der Waals surface area contributed by atoms with Crippen molar-refractivity contribution in [2.45, 2.75) is 32.7 Å². The number of nitrogens with zero attached hydrogens (tertiary/aromatic N) is 1. The van der Waals surface area contributed by atoms with E-state index in [0.717, 1.165) is 24.2 Å². The molecule has 0 aliphatic heterocycles. The van der Waals surface area contributed by atoms with Crippen molar-refractivity contribution >= 4 is 5.91 Å². The predicted molar refractivity (Wildman–Crippen MR) is 105 cm³/mol. The van der Waals surface area contributed by atoms with E-state index < -0.39 is 0 Å². The number of benzene rings is 2. The monoisotopic (exact) mass is 364 g/mol. The molecule has 5 heteroatoms. The number of rotatable bonds is 7. The molecule has 140 valence electrons. The molecule has 0 fully saturated rings. The number of carbonyl (C=O) groups excluding carboxylic acids is 1. The standard InChI is InChI=1S/C22H24N2O3/c1-15(9-10-17-7-5-4-6-8-17)23-22(25)20-16(2)24-27-21(20)18-11-13-19(26-3)14-12-18/h4-8,11-15H,9-10H2,1-3H3,(H,23,25)/t15-/m0/s1. The van der Waals surface area contributed by atoms with Gasteiger partial charge in [0.2, 0.25) is 0 Å². The minimum atomic E-state index is -0.167. The molecule has 0 aliphatic rings. The van der Waals surface area contributed by atoms with Crippen LogP contribution in [0.3, 0.4) is 0 Å². The van der Waals surface area contributed by atoms with Gasteiger partial charge in [-0.15, -0.1) is 0 Å². The van der Waals surface area contributed by atoms with Crippen LogP contribution in [0, 0.1) is 6.92 Å². The van der Waals surface area contributed by atoms with Crippen LogP contribution in [0.25, 0.3) is 11.3 Å². The molecule has 0 bridgehead atoms. The van der Waals surface area contributed by atoms with Crippen molar-refractivity contribution in [1.29, 1.82) is 0 Å². The van der Waals surface area contributed by atoms with Crippen LogP contribution in [0.4, 0.5) is 0 Å². The summed E-state index contributed by atoms with van der Waals surface area (Å²) in [6.07, 6.45) is 1.77. The lowest BCUT2D eigenvalue weighted by atomic mass is 10.0. The topological polar surface area (TPSA) is 64.4 Å². The van der Waals surface area contributed by atoms with Gasteiger partial charge >= 0.3 is 0 Å². The van der Waals surface area contributed by atoms with Crippen molar-refractivity contribution in [3.8, 4) is 17.1 Å². The third-order valence-corrected chi connectivity index (χ3v) is 4.53. The van der Waals surface area contributed by atoms with E-state index in [0.29, 0.717) is 17.0 Å². The van der Waals surface area contributed by atoms with E-state index in [2.05, 4.69) is 22.6 Å². The van der Waals surface area contributed by atoms with Crippen LogP contribution in [0.15, 0.2) is 59.1 Å². The Bertz CT molecular complexity index is 886. The predicted octanol–water partition coefficient (Wildman–Crippen LogP) is 4.41. The molecule has 1 atom stereocenters. The van der Waals surface area contributed by atoms with Gasteiger partial charge in [0, 0.05) is 11.6 Å². The zero-order valence-corrected chi connectivity index (χ0v) is 15.9. The molecule has 2 aromatic carbocycles. The fourth-order valence-electron chi connectivity index (χ4n) is 2.97. The molecular weight excluding hydrogens is 340 g/mol. The van der Waals surface area contributed by atoms with Gasteiger partial charge in [-0.05, 0) is 56.5 Å². The molecule has 3 aromatic rings. The Morgan fingerprint density at radius 2 is 1.85 bits per heavy atom. The first-order valence-electron chi connectivity index (χ1n) is 9.04. The van der Waals surface area contributed by atoms with Gasteiger partial charge in [-0.3, -0.25) is 4.79 Å². The van der Waals surface area contributed by atoms with E-state index in [-0.39, 0.29) is 11.9 Å². The molecule has 0 saturated heterocycles. The van der Waals surface area contributed by atoms with Crippen molar-refractivity contribution < 1.29 is 14.1 Å². The summed E-state index contributed by atoms with van der Waals surface area (Å²) in [6, 6.07) is 17.7. The van der Waals surface area contributed by atoms with Crippen molar-refractivity contribution in [1.82, 2.24) is 10.5 Å². The fraction of sp³-hybridized carbons (Fsp3) is 0.273. The number of aryl methyl sites for hydroxylation is 2. The molecule has 1 heterocycles. The molecule has 27 heavy (non-hydrogen) atoms. The lowest BCUT2D eigenvalue weighted by molar-refractivity contribution is 0.0938. The third-order valence-electron chi connectivity index (χ3n) is 4.53. The van der Waals surface area contributed by atoms with Gasteiger partial charge in [0.05, 0.1) is 12.8 Å². The van der Waals surface area contributed by atoms with Crippen molar-refractivity contribution in [2.24, 2.45) is 0 Å². The summed E-state index contributed by atoms with van der Waals surface area (Å²) in [5.41, 5.74) is 3.11. The summed E-state index contributed by atoms with van der Waals surface area (Å²) < 4.78 is 10.6. The zero-order valence-electron chi connectivity index (χ0n) is 15.9. The minimum absolute atomic E-state index is 0.0377. The lowest BCUT2D eigenvalue weighted by Crippen LogP contribution is -2.33. The Balaban J connectivity index is 1.70. The molecule has 1 N–H and O–H groups in total. The smallest absolute Gasteiger partial charge is 0.257 e. The number of hydrogen-bond acceptors (Lipinski definition) is 4. The van der Waals surface area contributed by atoms with E-state index >= 15 is 0 Å². The Morgan fingerprint density at radius 3 is 2.52 bits per heavy atom. The Hall–Kier alpha value is -3.08. The van der Waals surface area contributed by atoms with E-state index in [4.69, 9.17) is 9.26 Å². The molecule has 0 saturated carbocycles. The summed E-state index contributed by atoms with van der Waals surface area (Å²) in [6.45, 7) is 3.79. The molecular formula is C22H24N2O3. The molecule has 0 unspecified atom stereocenters. The van der Waals surface area contributed by atoms with Crippen molar-refractivity contribution in [2.75, 3.05) is 7.11 Å². The molecule has 3 rings (SSSR count). The molecule has 1 aromatic heterocycles. The normalized spacial score (nSPS) is 11.8. The second-order valence-electron chi connectivity index (χ2n) is 6.60. The van der Waals surface area contributed by atoms with Crippen LogP contribution >= 0.6 is 0 Å². The highest BCUT2D eigenvalue weighted by molar-refractivity contribution is 6.00. The number of methoxy groups -OCH3 is 1. The number of carbonyl (C=O) groups is 1. The Kier molecular flexibility index (Phi) is 5.91. The molecule has 1 amide bonds. The van der Waals surface area contributed by atoms with Gasteiger partial charge in [0.25, 0.3) is 5.91 Å². The number of amides is 1. The van der Waals surface area contributed by atoms with E-state index in [1.54, 1.807) is 14.0 Å². The molecule has 0 spiro atoms. The molecule has 0 aliphatic carbocycles. The maximum Gasteiger partial charge on any atom is 0.257 e. The number of ether oxygens (including phenoxy) is 1. The van der Waals surface area contributed by atoms with Gasteiger partial charge in [-0.1, -0.05) is 35.5 Å². The van der Waals surface area contributed by atoms with Crippen LogP contribution < -0.4 is 10.1 Å². The second kappa shape index (κ2) is 8.54. The largest absolute Gasteiger partial charge is 0.497 e. The summed E-state index contributed by atoms with van der Waals surface area (Å²) in [4.78, 5) is 12.8. The second-order valence-corrected chi connectivity index (χ2v) is 6.60. The first-order valence-corrected chi connectivity index (χ1v) is 9.04. The number of nitrogens with one attached hydrogen (secondary N) is 1. The highest BCUT2D eigenvalue weighted by Gasteiger charge is 2.23. The van der Waals surface area contributed by atoms with Crippen LogP contribution in [0.1, 0.15) is 35.0 Å². The van der Waals surface area contributed by atoms with Crippen molar-refractivity contribution in [3.63, 3.8) is 0 Å². The molecule has 5 nitrogen and oxygen atoms in total. The highest BCUT2D eigenvalue weighted by Crippen LogP contribution is 2.28. The summed E-state index contributed by atoms with van der Waals surface area (Å²) in [5.74, 6) is 1.05. The summed E-state index contributed by atoms with van der Waals surface area (Å²) >= 11 is 0. The van der Waals surface area contributed by atoms with Gasteiger partial charge in [0.15, 0.2) is 5.76 Å². The fourth-order valence-corrected chi connectivity index (χ4v) is 2.97. The Labute approximate surface area is 159 Å². The van der Waals surface area contributed by atoms with Gasteiger partial charge in [-0.2, -0.15) is 0 Å². The first-order chi connectivity index (χ1) is 13.1. The average Bonchev–Trinajstić information content (AvgIpc) is 3.09. The first kappa shape index (κ1) is 18.7. The van der Waals surface area contributed by atoms with Gasteiger partial charge < -0.3 is 14.6 Å². The lowest BCUT2D eigenvalue weighted by Gasteiger charge is -2.14. The highest BCUT2D eigenvalue weighted by atomic mass is 16.5. The van der Waals surface area contributed by atoms with Crippen molar-refractivity contribution in [3.05, 3.63) is 71.4 Å². The third kappa shape index (κ3) is 4.56. The quantitative estimate of drug-likeness (QED) is 0.674. The Morgan fingerprint density at radius 1 is 1.15 bits per heavy atom. The van der Waals surface area contributed by atoms with E-state index in [1.807, 2.05) is 49.4 Å². The minimum Gasteiger partial charge on any atom is -0.497 e. The average molecular weight is 364 g/mol. The maximum atomic E-state index is 12.8. The van der Waals surface area contributed by atoms with Gasteiger partial charge in [0.1, 0.15) is 11.3 Å². The van der Waals surface area contributed by atoms with E-state index in [9.17, 15) is 4.79 Å². The summed E-state index contributed by atoms with van der Waals surface area (Å²) in [5, 5.41) is 7.05. The number of aromatic nitrogens is 1. The van der Waals surface area contributed by atoms with Crippen LogP contribution in [-0.4, -0.2) is 24.2 Å². The van der Waals surface area contributed by atoms with Crippen LogP contribution in [0.2, 0.25) is 0 Å². The van der Waals surface area contributed by atoms with Crippen LogP contribution in [-0.2, 0) is 6.42 Å².